The molecule has 3 aromatic carbocycles. The quantitative estimate of drug-likeness (QED) is 0.465. The average Bonchev–Trinajstić information content (AvgIpc) is 2.68. The van der Waals surface area contributed by atoms with Gasteiger partial charge in [0.2, 0.25) is 0 Å². The van der Waals surface area contributed by atoms with Crippen LogP contribution in [0.3, 0.4) is 0 Å². The summed E-state index contributed by atoms with van der Waals surface area (Å²) in [7, 11) is 1.65. The lowest BCUT2D eigenvalue weighted by Crippen LogP contribution is -1.99. The van der Waals surface area contributed by atoms with Crippen molar-refractivity contribution in [2.75, 3.05) is 12.4 Å². The summed E-state index contributed by atoms with van der Waals surface area (Å²) in [5, 5.41) is 4.39. The number of hydrogen-bond acceptors (Lipinski definition) is 4. The third kappa shape index (κ3) is 3.39. The molecule has 0 spiro atoms. The molecule has 0 bridgehead atoms. The number of nitrogens with zero attached hydrogens (tertiary/aromatic N) is 2. The van der Waals surface area contributed by atoms with Gasteiger partial charge in [0.05, 0.1) is 12.6 Å². The van der Waals surface area contributed by atoms with E-state index in [1.807, 2.05) is 72.8 Å². The van der Waals surface area contributed by atoms with Crippen molar-refractivity contribution in [3.8, 4) is 17.1 Å². The smallest absolute Gasteiger partial charge is 0.162 e. The lowest BCUT2D eigenvalue weighted by molar-refractivity contribution is 0.415. The highest BCUT2D eigenvalue weighted by Crippen LogP contribution is 2.28. The molecular weight excluding hydrogens is 390 g/mol. The Bertz CT molecular complexity index is 1060. The number of hydrogen-bond donors (Lipinski definition) is 1. The number of fused-ring (bicyclic) bond motifs is 1. The molecule has 1 heterocycles. The Morgan fingerprint density at radius 2 is 1.69 bits per heavy atom. The van der Waals surface area contributed by atoms with E-state index in [9.17, 15) is 0 Å². The molecule has 0 aliphatic heterocycles. The van der Waals surface area contributed by atoms with Crippen LogP contribution in [-0.4, -0.2) is 17.1 Å². The summed E-state index contributed by atoms with van der Waals surface area (Å²) in [5.74, 6) is 2.25. The molecule has 0 saturated carbocycles. The Morgan fingerprint density at radius 3 is 2.46 bits per heavy atom. The van der Waals surface area contributed by atoms with Gasteiger partial charge in [-0.3, -0.25) is 0 Å². The second-order valence-corrected chi connectivity index (χ2v) is 6.69. The van der Waals surface area contributed by atoms with Crippen molar-refractivity contribution in [2.45, 2.75) is 0 Å². The van der Waals surface area contributed by atoms with Gasteiger partial charge in [-0.15, -0.1) is 0 Å². The summed E-state index contributed by atoms with van der Waals surface area (Å²) >= 11 is 3.51. The molecule has 128 valence electrons. The SMILES string of the molecule is COc1ccc(-c2nc(Nc3cccc(Br)c3)c3ccccc3n2)cc1. The zero-order valence-electron chi connectivity index (χ0n) is 14.1. The summed E-state index contributed by atoms with van der Waals surface area (Å²) in [6.07, 6.45) is 0. The Labute approximate surface area is 160 Å². The maximum absolute atomic E-state index is 5.23. The van der Waals surface area contributed by atoms with Crippen LogP contribution in [0.5, 0.6) is 5.75 Å². The van der Waals surface area contributed by atoms with E-state index in [1.165, 1.54) is 0 Å². The van der Waals surface area contributed by atoms with E-state index in [2.05, 4.69) is 21.2 Å². The van der Waals surface area contributed by atoms with Crippen molar-refractivity contribution < 1.29 is 4.74 Å². The number of aromatic nitrogens is 2. The zero-order valence-corrected chi connectivity index (χ0v) is 15.7. The van der Waals surface area contributed by atoms with Crippen LogP contribution >= 0.6 is 15.9 Å². The second kappa shape index (κ2) is 7.14. The number of nitrogens with one attached hydrogen (secondary N) is 1. The minimum atomic E-state index is 0.670. The van der Waals surface area contributed by atoms with E-state index >= 15 is 0 Å². The highest BCUT2D eigenvalue weighted by Gasteiger charge is 2.10. The maximum atomic E-state index is 5.23. The lowest BCUT2D eigenvalue weighted by Gasteiger charge is -2.11. The standard InChI is InChI=1S/C21H16BrN3O/c1-26-17-11-9-14(10-12-17)20-24-19-8-3-2-7-18(19)21(25-20)23-16-6-4-5-15(22)13-16/h2-13H,1H3,(H,23,24,25). The first kappa shape index (κ1) is 16.5. The summed E-state index contributed by atoms with van der Waals surface area (Å²) in [5.41, 5.74) is 2.79. The van der Waals surface area contributed by atoms with Gasteiger partial charge >= 0.3 is 0 Å². The highest BCUT2D eigenvalue weighted by molar-refractivity contribution is 9.10. The Hall–Kier alpha value is -2.92. The van der Waals surface area contributed by atoms with Gasteiger partial charge in [0, 0.05) is 21.1 Å². The summed E-state index contributed by atoms with van der Waals surface area (Å²) < 4.78 is 6.24. The molecule has 4 nitrogen and oxygen atoms in total. The van der Waals surface area contributed by atoms with Crippen molar-refractivity contribution in [3.63, 3.8) is 0 Å². The van der Waals surface area contributed by atoms with Crippen molar-refractivity contribution in [2.24, 2.45) is 0 Å². The van der Waals surface area contributed by atoms with Crippen LogP contribution in [0.2, 0.25) is 0 Å². The average molecular weight is 406 g/mol. The van der Waals surface area contributed by atoms with Gasteiger partial charge in [-0.2, -0.15) is 0 Å². The van der Waals surface area contributed by atoms with E-state index in [4.69, 9.17) is 14.7 Å². The van der Waals surface area contributed by atoms with Crippen LogP contribution in [-0.2, 0) is 0 Å². The molecule has 0 radical (unpaired) electrons. The van der Waals surface area contributed by atoms with Crippen LogP contribution in [0.1, 0.15) is 0 Å². The topological polar surface area (TPSA) is 47.0 Å². The number of anilines is 2. The van der Waals surface area contributed by atoms with Crippen LogP contribution in [0.4, 0.5) is 11.5 Å². The molecule has 1 aromatic heterocycles. The molecule has 4 aromatic rings. The highest BCUT2D eigenvalue weighted by atomic mass is 79.9. The summed E-state index contributed by atoms with van der Waals surface area (Å²) in [6, 6.07) is 23.7. The van der Waals surface area contributed by atoms with Gasteiger partial charge in [0.15, 0.2) is 5.82 Å². The molecule has 1 N–H and O–H groups in total. The number of ether oxygens (including phenoxy) is 1. The number of methoxy groups -OCH3 is 1. The normalized spacial score (nSPS) is 10.7. The van der Waals surface area contributed by atoms with Gasteiger partial charge in [-0.25, -0.2) is 9.97 Å². The zero-order chi connectivity index (χ0) is 17.9. The minimum Gasteiger partial charge on any atom is -0.497 e. The van der Waals surface area contributed by atoms with Gasteiger partial charge in [-0.05, 0) is 54.6 Å². The van der Waals surface area contributed by atoms with Crippen LogP contribution in [0.15, 0.2) is 77.3 Å². The molecule has 0 saturated heterocycles. The Morgan fingerprint density at radius 1 is 0.885 bits per heavy atom. The van der Waals surface area contributed by atoms with Crippen molar-refractivity contribution in [1.29, 1.82) is 0 Å². The molecule has 0 aliphatic rings. The van der Waals surface area contributed by atoms with Crippen LogP contribution in [0, 0.1) is 0 Å². The predicted octanol–water partition coefficient (Wildman–Crippen LogP) is 5.81. The molecule has 0 aliphatic carbocycles. The van der Waals surface area contributed by atoms with Crippen molar-refractivity contribution in [1.82, 2.24) is 9.97 Å². The molecule has 26 heavy (non-hydrogen) atoms. The molecule has 4 rings (SSSR count). The van der Waals surface area contributed by atoms with E-state index in [0.29, 0.717) is 5.82 Å². The summed E-state index contributed by atoms with van der Waals surface area (Å²) in [4.78, 5) is 9.49. The van der Waals surface area contributed by atoms with Gasteiger partial charge in [0.1, 0.15) is 11.6 Å². The van der Waals surface area contributed by atoms with E-state index < -0.39 is 0 Å². The first-order chi connectivity index (χ1) is 12.7. The van der Waals surface area contributed by atoms with Crippen molar-refractivity contribution >= 4 is 38.3 Å². The fourth-order valence-electron chi connectivity index (χ4n) is 2.74. The third-order valence-corrected chi connectivity index (χ3v) is 4.53. The fourth-order valence-corrected chi connectivity index (χ4v) is 3.14. The molecule has 0 fully saturated rings. The van der Waals surface area contributed by atoms with Crippen LogP contribution in [0.25, 0.3) is 22.3 Å². The molecule has 5 heteroatoms. The second-order valence-electron chi connectivity index (χ2n) is 5.78. The Kier molecular flexibility index (Phi) is 4.54. The first-order valence-corrected chi connectivity index (χ1v) is 8.96. The summed E-state index contributed by atoms with van der Waals surface area (Å²) in [6.45, 7) is 0. The predicted molar refractivity (Wildman–Crippen MR) is 109 cm³/mol. The minimum absolute atomic E-state index is 0.670. The Balaban J connectivity index is 1.82. The number of rotatable bonds is 4. The number of para-hydroxylation sites is 1. The van der Waals surface area contributed by atoms with Gasteiger partial charge in [0.25, 0.3) is 0 Å². The van der Waals surface area contributed by atoms with E-state index in [1.54, 1.807) is 7.11 Å². The third-order valence-electron chi connectivity index (χ3n) is 4.04. The lowest BCUT2D eigenvalue weighted by atomic mass is 10.1. The van der Waals surface area contributed by atoms with Gasteiger partial charge < -0.3 is 10.1 Å². The van der Waals surface area contributed by atoms with Gasteiger partial charge in [-0.1, -0.05) is 34.1 Å². The van der Waals surface area contributed by atoms with Crippen molar-refractivity contribution in [3.05, 3.63) is 77.3 Å². The van der Waals surface area contributed by atoms with E-state index in [-0.39, 0.29) is 0 Å². The largest absolute Gasteiger partial charge is 0.497 e. The number of halogens is 1. The first-order valence-electron chi connectivity index (χ1n) is 8.17. The van der Waals surface area contributed by atoms with E-state index in [0.717, 1.165) is 38.2 Å². The molecule has 0 amide bonds. The monoisotopic (exact) mass is 405 g/mol. The molecule has 0 atom stereocenters. The maximum Gasteiger partial charge on any atom is 0.162 e. The fraction of sp³-hybridized carbons (Fsp3) is 0.0476. The number of benzene rings is 3. The molecule has 0 unspecified atom stereocenters. The molecular formula is C21H16BrN3O. The van der Waals surface area contributed by atoms with Crippen LogP contribution < -0.4 is 10.1 Å².